The Morgan fingerprint density at radius 1 is 1.30 bits per heavy atom. The Morgan fingerprint density at radius 3 is 2.89 bits per heavy atom. The summed E-state index contributed by atoms with van der Waals surface area (Å²) in [5.74, 6) is 0.664. The van der Waals surface area contributed by atoms with E-state index in [4.69, 9.17) is 0 Å². The number of aromatic nitrogens is 2. The van der Waals surface area contributed by atoms with Gasteiger partial charge in [-0.05, 0) is 25.1 Å². The first-order chi connectivity index (χ1) is 13.0. The number of aryl methyl sites for hydroxylation is 1. The van der Waals surface area contributed by atoms with Gasteiger partial charge in [0.2, 0.25) is 0 Å². The number of hydrogen-bond donors (Lipinski definition) is 1. The highest BCUT2D eigenvalue weighted by Gasteiger charge is 2.19. The smallest absolute Gasteiger partial charge is 0.273 e. The van der Waals surface area contributed by atoms with Crippen molar-refractivity contribution in [1.82, 2.24) is 9.55 Å². The molecule has 0 saturated carbocycles. The Labute approximate surface area is 159 Å². The molecule has 8 heteroatoms. The van der Waals surface area contributed by atoms with Gasteiger partial charge < -0.3 is 9.88 Å². The van der Waals surface area contributed by atoms with Crippen LogP contribution in [0, 0.1) is 17.0 Å². The summed E-state index contributed by atoms with van der Waals surface area (Å²) in [6.07, 6.45) is 2.01. The van der Waals surface area contributed by atoms with Crippen molar-refractivity contribution in [3.63, 3.8) is 0 Å². The van der Waals surface area contributed by atoms with Gasteiger partial charge in [0.1, 0.15) is 0 Å². The summed E-state index contributed by atoms with van der Waals surface area (Å²) in [5.41, 5.74) is 2.95. The highest BCUT2D eigenvalue weighted by Crippen LogP contribution is 2.30. The summed E-state index contributed by atoms with van der Waals surface area (Å²) in [4.78, 5) is 27.8. The first-order valence-corrected chi connectivity index (χ1v) is 9.37. The molecular formula is C19H16N4O3S. The van der Waals surface area contributed by atoms with Crippen molar-refractivity contribution >= 4 is 29.0 Å². The molecule has 1 aromatic heterocycles. The van der Waals surface area contributed by atoms with E-state index in [0.717, 1.165) is 28.7 Å². The number of nitrogens with one attached hydrogen (secondary N) is 1. The lowest BCUT2D eigenvalue weighted by molar-refractivity contribution is -0.385. The average Bonchev–Trinajstić information content (AvgIpc) is 3.23. The van der Waals surface area contributed by atoms with Gasteiger partial charge in [0.15, 0.2) is 5.16 Å². The van der Waals surface area contributed by atoms with Crippen molar-refractivity contribution in [3.05, 3.63) is 69.9 Å². The number of imidazole rings is 1. The van der Waals surface area contributed by atoms with Crippen LogP contribution in [0.1, 0.15) is 15.9 Å². The molecule has 3 aromatic rings. The molecule has 0 atom stereocenters. The number of nitro groups is 1. The third-order valence-corrected chi connectivity index (χ3v) is 5.44. The van der Waals surface area contributed by atoms with E-state index in [1.165, 1.54) is 12.1 Å². The predicted octanol–water partition coefficient (Wildman–Crippen LogP) is 4.12. The molecule has 2 aromatic carbocycles. The zero-order valence-corrected chi connectivity index (χ0v) is 15.3. The summed E-state index contributed by atoms with van der Waals surface area (Å²) in [6.45, 7) is 2.53. The number of hydrogen-bond acceptors (Lipinski definition) is 5. The predicted molar refractivity (Wildman–Crippen MR) is 104 cm³/mol. The van der Waals surface area contributed by atoms with Gasteiger partial charge in [-0.1, -0.05) is 30.0 Å². The molecule has 1 amide bonds. The normalized spacial score (nSPS) is 12.6. The number of benzene rings is 2. The molecule has 0 spiro atoms. The third kappa shape index (κ3) is 3.31. The standard InChI is InChI=1S/C19H16N4O3S/c1-12-15(6-3-7-17(12)23(25)26)18(24)20-14-5-2-4-13(10-14)16-11-22-8-9-27-19(22)21-16/h2-7,10-11H,8-9H2,1H3,(H,20,24). The van der Waals surface area contributed by atoms with Gasteiger partial charge >= 0.3 is 0 Å². The Bertz CT molecular complexity index is 1040. The lowest BCUT2D eigenvalue weighted by Crippen LogP contribution is -2.14. The lowest BCUT2D eigenvalue weighted by Gasteiger charge is -2.09. The molecule has 0 aliphatic carbocycles. The van der Waals surface area contributed by atoms with Gasteiger partial charge in [-0.2, -0.15) is 0 Å². The number of thioether (sulfide) groups is 1. The van der Waals surface area contributed by atoms with Crippen LogP contribution in [0.15, 0.2) is 53.8 Å². The molecule has 0 unspecified atom stereocenters. The van der Waals surface area contributed by atoms with Crippen LogP contribution in [-0.4, -0.2) is 26.1 Å². The van der Waals surface area contributed by atoms with Crippen molar-refractivity contribution in [2.24, 2.45) is 0 Å². The second-order valence-electron chi connectivity index (χ2n) is 6.19. The molecule has 0 fully saturated rings. The second kappa shape index (κ2) is 6.88. The number of carbonyl (C=O) groups is 1. The monoisotopic (exact) mass is 380 g/mol. The maximum Gasteiger partial charge on any atom is 0.273 e. The minimum atomic E-state index is -0.483. The van der Waals surface area contributed by atoms with Crippen LogP contribution in [-0.2, 0) is 6.54 Å². The van der Waals surface area contributed by atoms with Crippen LogP contribution in [0.2, 0.25) is 0 Å². The summed E-state index contributed by atoms with van der Waals surface area (Å²) < 4.78 is 2.12. The fraction of sp³-hybridized carbons (Fsp3) is 0.158. The van der Waals surface area contributed by atoms with Crippen LogP contribution in [0.25, 0.3) is 11.3 Å². The maximum atomic E-state index is 12.6. The maximum absolute atomic E-state index is 12.6. The largest absolute Gasteiger partial charge is 0.325 e. The van der Waals surface area contributed by atoms with Crippen LogP contribution < -0.4 is 5.32 Å². The van der Waals surface area contributed by atoms with E-state index >= 15 is 0 Å². The highest BCUT2D eigenvalue weighted by molar-refractivity contribution is 7.99. The number of carbonyl (C=O) groups excluding carboxylic acids is 1. The fourth-order valence-corrected chi connectivity index (χ4v) is 4.01. The van der Waals surface area contributed by atoms with Crippen molar-refractivity contribution < 1.29 is 9.72 Å². The molecule has 2 heterocycles. The molecule has 136 valence electrons. The van der Waals surface area contributed by atoms with Crippen LogP contribution >= 0.6 is 11.8 Å². The Morgan fingerprint density at radius 2 is 2.11 bits per heavy atom. The summed E-state index contributed by atoms with van der Waals surface area (Å²) in [5, 5.41) is 14.9. The van der Waals surface area contributed by atoms with Crippen LogP contribution in [0.4, 0.5) is 11.4 Å². The van der Waals surface area contributed by atoms with Crippen molar-refractivity contribution in [3.8, 4) is 11.3 Å². The van der Waals surface area contributed by atoms with E-state index in [9.17, 15) is 14.9 Å². The number of rotatable bonds is 4. The molecular weight excluding hydrogens is 364 g/mol. The van der Waals surface area contributed by atoms with Crippen molar-refractivity contribution in [1.29, 1.82) is 0 Å². The molecule has 27 heavy (non-hydrogen) atoms. The van der Waals surface area contributed by atoms with E-state index in [2.05, 4.69) is 14.9 Å². The number of nitrogens with zero attached hydrogens (tertiary/aromatic N) is 3. The van der Waals surface area contributed by atoms with Crippen LogP contribution in [0.3, 0.4) is 0 Å². The van der Waals surface area contributed by atoms with Gasteiger partial charge in [0.25, 0.3) is 11.6 Å². The molecule has 4 rings (SSSR count). The topological polar surface area (TPSA) is 90.1 Å². The van der Waals surface area contributed by atoms with Crippen molar-refractivity contribution in [2.45, 2.75) is 18.6 Å². The van der Waals surface area contributed by atoms with Crippen LogP contribution in [0.5, 0.6) is 0 Å². The van der Waals surface area contributed by atoms with E-state index in [1.54, 1.807) is 30.8 Å². The quantitative estimate of drug-likeness (QED) is 0.543. The molecule has 0 bridgehead atoms. The second-order valence-corrected chi connectivity index (χ2v) is 7.25. The summed E-state index contributed by atoms with van der Waals surface area (Å²) in [7, 11) is 0. The first-order valence-electron chi connectivity index (χ1n) is 8.38. The molecule has 7 nitrogen and oxygen atoms in total. The lowest BCUT2D eigenvalue weighted by atomic mass is 10.1. The van der Waals surface area contributed by atoms with Gasteiger partial charge in [0, 0.05) is 46.9 Å². The van der Waals surface area contributed by atoms with Crippen molar-refractivity contribution in [2.75, 3.05) is 11.1 Å². The molecule has 1 aliphatic rings. The zero-order chi connectivity index (χ0) is 19.0. The average molecular weight is 380 g/mol. The van der Waals surface area contributed by atoms with Gasteiger partial charge in [-0.3, -0.25) is 14.9 Å². The summed E-state index contributed by atoms with van der Waals surface area (Å²) in [6, 6.07) is 11.9. The molecule has 1 aliphatic heterocycles. The van der Waals surface area contributed by atoms with E-state index in [-0.39, 0.29) is 17.2 Å². The third-order valence-electron chi connectivity index (χ3n) is 4.47. The Kier molecular flexibility index (Phi) is 4.41. The Balaban J connectivity index is 1.59. The summed E-state index contributed by atoms with van der Waals surface area (Å²) >= 11 is 1.73. The fourth-order valence-electron chi connectivity index (χ4n) is 3.07. The molecule has 0 radical (unpaired) electrons. The first kappa shape index (κ1) is 17.3. The minimum Gasteiger partial charge on any atom is -0.325 e. The van der Waals surface area contributed by atoms with E-state index in [0.29, 0.717) is 11.3 Å². The number of anilines is 1. The molecule has 1 N–H and O–H groups in total. The van der Waals surface area contributed by atoms with E-state index < -0.39 is 4.92 Å². The Hall–Kier alpha value is -3.13. The van der Waals surface area contributed by atoms with Gasteiger partial charge in [0.05, 0.1) is 10.6 Å². The number of fused-ring (bicyclic) bond motifs is 1. The SMILES string of the molecule is Cc1c(C(=O)Nc2cccc(-c3cn4c(n3)SCC4)c2)cccc1[N+](=O)[O-]. The highest BCUT2D eigenvalue weighted by atomic mass is 32.2. The zero-order valence-electron chi connectivity index (χ0n) is 14.5. The van der Waals surface area contributed by atoms with Gasteiger partial charge in [-0.15, -0.1) is 0 Å². The number of amides is 1. The molecule has 0 saturated heterocycles. The minimum absolute atomic E-state index is 0.0681. The van der Waals surface area contributed by atoms with E-state index in [1.807, 2.05) is 24.4 Å². The van der Waals surface area contributed by atoms with Gasteiger partial charge in [-0.25, -0.2) is 4.98 Å². The number of nitro benzene ring substituents is 1.